The zero-order chi connectivity index (χ0) is 15.0. The molecule has 0 saturated heterocycles. The van der Waals surface area contributed by atoms with E-state index in [-0.39, 0.29) is 5.78 Å². The molecule has 1 nitrogen and oxygen atoms in total. The monoisotopic (exact) mass is 276 g/mol. The molecule has 0 fully saturated rings. The molecule has 0 heterocycles. The van der Waals surface area contributed by atoms with Crippen molar-refractivity contribution in [2.45, 2.75) is 33.6 Å². The number of ketones is 1. The number of aryl methyl sites for hydroxylation is 4. The Labute approximate surface area is 126 Å². The molecule has 0 unspecified atom stereocenters. The highest BCUT2D eigenvalue weighted by Crippen LogP contribution is 2.28. The molecule has 3 rings (SSSR count). The second-order valence-corrected chi connectivity index (χ2v) is 5.97. The first kappa shape index (κ1) is 13.8. The summed E-state index contributed by atoms with van der Waals surface area (Å²) in [6.45, 7) is 6.35. The van der Waals surface area contributed by atoms with Crippen LogP contribution in [0.2, 0.25) is 0 Å². The number of hydrogen-bond donors (Lipinski definition) is 0. The molecule has 0 amide bonds. The van der Waals surface area contributed by atoms with Crippen molar-refractivity contribution in [1.29, 1.82) is 0 Å². The fourth-order valence-electron chi connectivity index (χ4n) is 3.25. The number of allylic oxidation sites excluding steroid dienone is 1. The Bertz CT molecular complexity index is 727. The molecule has 2 aromatic carbocycles. The van der Waals surface area contributed by atoms with Gasteiger partial charge in [0.15, 0.2) is 5.78 Å². The molecule has 0 aromatic heterocycles. The summed E-state index contributed by atoms with van der Waals surface area (Å²) < 4.78 is 0. The molecule has 0 bridgehead atoms. The molecule has 0 aliphatic heterocycles. The van der Waals surface area contributed by atoms with Crippen LogP contribution in [-0.4, -0.2) is 5.78 Å². The van der Waals surface area contributed by atoms with Gasteiger partial charge in [-0.25, -0.2) is 0 Å². The highest BCUT2D eigenvalue weighted by molar-refractivity contribution is 6.13. The van der Waals surface area contributed by atoms with Crippen molar-refractivity contribution in [2.24, 2.45) is 0 Å². The van der Waals surface area contributed by atoms with E-state index >= 15 is 0 Å². The summed E-state index contributed by atoms with van der Waals surface area (Å²) in [5.74, 6) is 0.191. The van der Waals surface area contributed by atoms with Crippen LogP contribution in [0, 0.1) is 20.8 Å². The lowest BCUT2D eigenvalue weighted by Crippen LogP contribution is -2.14. The van der Waals surface area contributed by atoms with E-state index in [0.29, 0.717) is 0 Å². The normalized spacial score (nSPS) is 16.1. The number of benzene rings is 2. The minimum absolute atomic E-state index is 0.191. The van der Waals surface area contributed by atoms with Gasteiger partial charge in [0, 0.05) is 11.1 Å². The molecule has 0 spiro atoms. The predicted octanol–water partition coefficient (Wildman–Crippen LogP) is 4.82. The zero-order valence-corrected chi connectivity index (χ0v) is 12.9. The topological polar surface area (TPSA) is 17.1 Å². The first-order valence-electron chi connectivity index (χ1n) is 7.47. The van der Waals surface area contributed by atoms with E-state index in [1.54, 1.807) is 0 Å². The van der Waals surface area contributed by atoms with Crippen LogP contribution >= 0.6 is 0 Å². The Morgan fingerprint density at radius 1 is 0.952 bits per heavy atom. The molecule has 1 aliphatic carbocycles. The van der Waals surface area contributed by atoms with E-state index in [4.69, 9.17) is 0 Å². The molecule has 0 saturated carbocycles. The van der Waals surface area contributed by atoms with Gasteiger partial charge in [0.1, 0.15) is 0 Å². The summed E-state index contributed by atoms with van der Waals surface area (Å²) in [6, 6.07) is 12.3. The third-order valence-corrected chi connectivity index (χ3v) is 4.27. The summed E-state index contributed by atoms with van der Waals surface area (Å²) in [6.07, 6.45) is 3.89. The number of hydrogen-bond acceptors (Lipinski definition) is 1. The quantitative estimate of drug-likeness (QED) is 0.682. The first-order chi connectivity index (χ1) is 10.1. The van der Waals surface area contributed by atoms with E-state index in [2.05, 4.69) is 45.0 Å². The largest absolute Gasteiger partial charge is 0.289 e. The van der Waals surface area contributed by atoms with Gasteiger partial charge in [0.25, 0.3) is 0 Å². The molecular formula is C20H20O. The van der Waals surface area contributed by atoms with Crippen molar-refractivity contribution in [3.05, 3.63) is 75.4 Å². The third kappa shape index (κ3) is 2.56. The molecule has 0 N–H and O–H groups in total. The summed E-state index contributed by atoms with van der Waals surface area (Å²) in [4.78, 5) is 12.6. The average molecular weight is 276 g/mol. The summed E-state index contributed by atoms with van der Waals surface area (Å²) in [5, 5.41) is 0. The molecular weight excluding hydrogens is 256 g/mol. The van der Waals surface area contributed by atoms with Crippen LogP contribution in [0.25, 0.3) is 6.08 Å². The van der Waals surface area contributed by atoms with Gasteiger partial charge in [0.2, 0.25) is 0 Å². The van der Waals surface area contributed by atoms with Crippen LogP contribution in [-0.2, 0) is 6.42 Å². The minimum atomic E-state index is 0.191. The zero-order valence-electron chi connectivity index (χ0n) is 12.9. The van der Waals surface area contributed by atoms with Crippen molar-refractivity contribution in [2.75, 3.05) is 0 Å². The standard InChI is InChI=1S/C20H20O/c1-13-10-14(2)19(15(3)11-13)12-17-9-8-16-6-4-5-7-18(16)20(17)21/h4-7,10-12H,8-9H2,1-3H3/b17-12+. The van der Waals surface area contributed by atoms with Crippen molar-refractivity contribution >= 4 is 11.9 Å². The van der Waals surface area contributed by atoms with Gasteiger partial charge in [-0.05, 0) is 61.9 Å². The minimum Gasteiger partial charge on any atom is -0.289 e. The van der Waals surface area contributed by atoms with Crippen LogP contribution in [0.1, 0.15) is 44.6 Å². The SMILES string of the molecule is Cc1cc(C)c(/C=C2\CCc3ccccc3C2=O)c(C)c1. The Kier molecular flexibility index (Phi) is 3.50. The first-order valence-corrected chi connectivity index (χ1v) is 7.47. The second-order valence-electron chi connectivity index (χ2n) is 5.97. The number of carbonyl (C=O) groups is 1. The highest BCUT2D eigenvalue weighted by atomic mass is 16.1. The molecule has 21 heavy (non-hydrogen) atoms. The van der Waals surface area contributed by atoms with Crippen LogP contribution < -0.4 is 0 Å². The molecule has 1 aliphatic rings. The molecule has 106 valence electrons. The lowest BCUT2D eigenvalue weighted by molar-refractivity contribution is 0.102. The highest BCUT2D eigenvalue weighted by Gasteiger charge is 2.21. The number of rotatable bonds is 1. The maximum atomic E-state index is 12.6. The second kappa shape index (κ2) is 5.33. The lowest BCUT2D eigenvalue weighted by Gasteiger charge is -2.18. The Morgan fingerprint density at radius 3 is 2.33 bits per heavy atom. The van der Waals surface area contributed by atoms with Crippen molar-refractivity contribution < 1.29 is 4.79 Å². The van der Waals surface area contributed by atoms with Gasteiger partial charge in [-0.15, -0.1) is 0 Å². The van der Waals surface area contributed by atoms with Gasteiger partial charge in [-0.1, -0.05) is 42.0 Å². The van der Waals surface area contributed by atoms with Crippen molar-refractivity contribution in [3.8, 4) is 0 Å². The maximum absolute atomic E-state index is 12.6. The van der Waals surface area contributed by atoms with Gasteiger partial charge >= 0.3 is 0 Å². The number of carbonyl (C=O) groups excluding carboxylic acids is 1. The van der Waals surface area contributed by atoms with Crippen molar-refractivity contribution in [3.63, 3.8) is 0 Å². The van der Waals surface area contributed by atoms with E-state index < -0.39 is 0 Å². The smallest absolute Gasteiger partial charge is 0.189 e. The Hall–Kier alpha value is -2.15. The third-order valence-electron chi connectivity index (χ3n) is 4.27. The molecule has 0 atom stereocenters. The van der Waals surface area contributed by atoms with Gasteiger partial charge in [-0.3, -0.25) is 4.79 Å². The summed E-state index contributed by atoms with van der Waals surface area (Å²) in [5.41, 5.74) is 7.94. The van der Waals surface area contributed by atoms with E-state index in [0.717, 1.165) is 24.0 Å². The van der Waals surface area contributed by atoms with Crippen LogP contribution in [0.15, 0.2) is 42.0 Å². The fourth-order valence-corrected chi connectivity index (χ4v) is 3.25. The summed E-state index contributed by atoms with van der Waals surface area (Å²) >= 11 is 0. The average Bonchev–Trinajstić information content (AvgIpc) is 2.45. The predicted molar refractivity (Wildman–Crippen MR) is 87.7 cm³/mol. The van der Waals surface area contributed by atoms with Gasteiger partial charge in [0.05, 0.1) is 0 Å². The van der Waals surface area contributed by atoms with Crippen LogP contribution in [0.3, 0.4) is 0 Å². The summed E-state index contributed by atoms with van der Waals surface area (Å²) in [7, 11) is 0. The number of fused-ring (bicyclic) bond motifs is 1. The molecule has 0 radical (unpaired) electrons. The van der Waals surface area contributed by atoms with Gasteiger partial charge < -0.3 is 0 Å². The fraction of sp³-hybridized carbons (Fsp3) is 0.250. The van der Waals surface area contributed by atoms with Gasteiger partial charge in [-0.2, -0.15) is 0 Å². The van der Waals surface area contributed by atoms with E-state index in [9.17, 15) is 4.79 Å². The lowest BCUT2D eigenvalue weighted by atomic mass is 9.85. The molecule has 1 heteroatoms. The Balaban J connectivity index is 2.05. The maximum Gasteiger partial charge on any atom is 0.189 e. The Morgan fingerprint density at radius 2 is 1.62 bits per heavy atom. The van der Waals surface area contributed by atoms with Crippen LogP contribution in [0.5, 0.6) is 0 Å². The number of Topliss-reactive ketones (excluding diaryl/α,β-unsaturated/α-hetero) is 1. The van der Waals surface area contributed by atoms with E-state index in [1.165, 1.54) is 27.8 Å². The molecule has 2 aromatic rings. The van der Waals surface area contributed by atoms with Crippen molar-refractivity contribution in [1.82, 2.24) is 0 Å². The van der Waals surface area contributed by atoms with E-state index in [1.807, 2.05) is 18.2 Å². The van der Waals surface area contributed by atoms with Crippen LogP contribution in [0.4, 0.5) is 0 Å².